The van der Waals surface area contributed by atoms with Crippen molar-refractivity contribution in [1.29, 1.82) is 0 Å². The van der Waals surface area contributed by atoms with Gasteiger partial charge in [-0.3, -0.25) is 0 Å². The van der Waals surface area contributed by atoms with E-state index in [-0.39, 0.29) is 5.82 Å². The fraction of sp³-hybridized carbons (Fsp3) is 0.0667. The van der Waals surface area contributed by atoms with Crippen molar-refractivity contribution in [3.05, 3.63) is 66.2 Å². The van der Waals surface area contributed by atoms with Crippen molar-refractivity contribution >= 4 is 16.7 Å². The molecule has 4 heteroatoms. The number of carboxylic acids is 1. The fourth-order valence-corrected chi connectivity index (χ4v) is 2.17. The maximum absolute atomic E-state index is 11.0. The quantitative estimate of drug-likeness (QED) is 0.779. The van der Waals surface area contributed by atoms with Crippen LogP contribution in [0.4, 0.5) is 0 Å². The molecule has 0 radical (unpaired) electrons. The van der Waals surface area contributed by atoms with Crippen molar-refractivity contribution < 1.29 is 9.90 Å². The average molecular weight is 252 g/mol. The van der Waals surface area contributed by atoms with Gasteiger partial charge in [-0.2, -0.15) is 0 Å². The van der Waals surface area contributed by atoms with Gasteiger partial charge in [0.1, 0.15) is 0 Å². The van der Waals surface area contributed by atoms with Crippen LogP contribution in [0.15, 0.2) is 54.9 Å². The molecule has 1 heterocycles. The Bertz CT molecular complexity index is 746. The van der Waals surface area contributed by atoms with E-state index in [1.54, 1.807) is 10.8 Å². The fourth-order valence-electron chi connectivity index (χ4n) is 2.17. The Balaban J connectivity index is 1.97. The molecule has 0 aliphatic rings. The van der Waals surface area contributed by atoms with Gasteiger partial charge in [-0.1, -0.05) is 36.4 Å². The van der Waals surface area contributed by atoms with E-state index < -0.39 is 5.97 Å². The highest BCUT2D eigenvalue weighted by Gasteiger charge is 2.10. The second-order valence-electron chi connectivity index (χ2n) is 4.37. The number of nitrogens with zero attached hydrogens (tertiary/aromatic N) is 2. The first-order valence-corrected chi connectivity index (χ1v) is 5.96. The number of fused-ring (bicyclic) bond motifs is 1. The van der Waals surface area contributed by atoms with Crippen LogP contribution in [0.2, 0.25) is 0 Å². The van der Waals surface area contributed by atoms with Gasteiger partial charge in [0.25, 0.3) is 0 Å². The van der Waals surface area contributed by atoms with Crippen molar-refractivity contribution in [2.75, 3.05) is 0 Å². The van der Waals surface area contributed by atoms with Crippen LogP contribution in [-0.4, -0.2) is 20.6 Å². The number of hydrogen-bond acceptors (Lipinski definition) is 2. The van der Waals surface area contributed by atoms with Gasteiger partial charge in [-0.25, -0.2) is 9.78 Å². The van der Waals surface area contributed by atoms with E-state index in [1.165, 1.54) is 11.6 Å². The number of rotatable bonds is 3. The Morgan fingerprint density at radius 2 is 1.95 bits per heavy atom. The molecule has 0 aliphatic heterocycles. The summed E-state index contributed by atoms with van der Waals surface area (Å²) < 4.78 is 1.63. The van der Waals surface area contributed by atoms with Crippen molar-refractivity contribution in [2.24, 2.45) is 0 Å². The predicted octanol–water partition coefficient (Wildman–Crippen LogP) is 2.78. The van der Waals surface area contributed by atoms with Crippen molar-refractivity contribution in [3.63, 3.8) is 0 Å². The molecule has 19 heavy (non-hydrogen) atoms. The third-order valence-corrected chi connectivity index (χ3v) is 3.07. The van der Waals surface area contributed by atoms with Gasteiger partial charge in [0.2, 0.25) is 5.82 Å². The van der Waals surface area contributed by atoms with Crippen LogP contribution in [0.1, 0.15) is 16.2 Å². The summed E-state index contributed by atoms with van der Waals surface area (Å²) in [6.45, 7) is 0.506. The summed E-state index contributed by atoms with van der Waals surface area (Å²) in [6.07, 6.45) is 3.18. The van der Waals surface area contributed by atoms with Gasteiger partial charge in [-0.15, -0.1) is 0 Å². The molecule has 1 aromatic heterocycles. The molecule has 2 aromatic carbocycles. The number of aromatic nitrogens is 2. The van der Waals surface area contributed by atoms with Crippen molar-refractivity contribution in [3.8, 4) is 0 Å². The number of benzene rings is 2. The lowest BCUT2D eigenvalue weighted by molar-refractivity contribution is 0.0679. The average Bonchev–Trinajstić information content (AvgIpc) is 2.87. The Labute approximate surface area is 109 Å². The first-order valence-electron chi connectivity index (χ1n) is 5.96. The molecule has 94 valence electrons. The summed E-state index contributed by atoms with van der Waals surface area (Å²) in [7, 11) is 0. The SMILES string of the molecule is O=C(O)c1nccn1Cc1ccc2ccccc2c1. The molecule has 3 rings (SSSR count). The normalized spacial score (nSPS) is 10.7. The van der Waals surface area contributed by atoms with Crippen molar-refractivity contribution in [1.82, 2.24) is 9.55 Å². The summed E-state index contributed by atoms with van der Waals surface area (Å²) in [5.41, 5.74) is 1.05. The second-order valence-corrected chi connectivity index (χ2v) is 4.37. The largest absolute Gasteiger partial charge is 0.475 e. The van der Waals surface area contributed by atoms with Crippen LogP contribution in [0, 0.1) is 0 Å². The maximum atomic E-state index is 11.0. The van der Waals surface area contributed by atoms with Crippen LogP contribution in [-0.2, 0) is 6.54 Å². The Morgan fingerprint density at radius 1 is 1.16 bits per heavy atom. The number of hydrogen-bond donors (Lipinski definition) is 1. The zero-order valence-corrected chi connectivity index (χ0v) is 10.2. The molecule has 4 nitrogen and oxygen atoms in total. The number of carboxylic acid groups (broad SMARTS) is 1. The maximum Gasteiger partial charge on any atom is 0.372 e. The highest BCUT2D eigenvalue weighted by atomic mass is 16.4. The van der Waals surface area contributed by atoms with Gasteiger partial charge >= 0.3 is 5.97 Å². The van der Waals surface area contributed by atoms with E-state index in [9.17, 15) is 4.79 Å². The van der Waals surface area contributed by atoms with E-state index in [0.29, 0.717) is 6.54 Å². The minimum Gasteiger partial charge on any atom is -0.475 e. The molecule has 0 spiro atoms. The summed E-state index contributed by atoms with van der Waals surface area (Å²) in [5.74, 6) is -0.945. The zero-order valence-electron chi connectivity index (χ0n) is 10.2. The van der Waals surface area contributed by atoms with Gasteiger partial charge in [-0.05, 0) is 22.4 Å². The minimum absolute atomic E-state index is 0.0631. The molecular formula is C15H12N2O2. The summed E-state index contributed by atoms with van der Waals surface area (Å²) in [4.78, 5) is 14.8. The standard InChI is InChI=1S/C15H12N2O2/c18-15(19)14-16-7-8-17(14)10-11-5-6-12-3-1-2-4-13(12)9-11/h1-9H,10H2,(H,18,19). The van der Waals surface area contributed by atoms with Gasteiger partial charge in [0, 0.05) is 18.9 Å². The number of carbonyl (C=O) groups is 1. The molecule has 0 aliphatic carbocycles. The van der Waals surface area contributed by atoms with Crippen LogP contribution in [0.25, 0.3) is 10.8 Å². The van der Waals surface area contributed by atoms with E-state index in [0.717, 1.165) is 10.9 Å². The molecule has 0 atom stereocenters. The van der Waals surface area contributed by atoms with Crippen LogP contribution in [0.3, 0.4) is 0 Å². The number of imidazole rings is 1. The molecule has 0 saturated heterocycles. The van der Waals surface area contributed by atoms with Crippen LogP contribution in [0.5, 0.6) is 0 Å². The topological polar surface area (TPSA) is 55.1 Å². The molecule has 0 saturated carbocycles. The Hall–Kier alpha value is -2.62. The van der Waals surface area contributed by atoms with E-state index in [2.05, 4.69) is 17.1 Å². The highest BCUT2D eigenvalue weighted by Crippen LogP contribution is 2.16. The smallest absolute Gasteiger partial charge is 0.372 e. The molecule has 0 amide bonds. The molecule has 1 N–H and O–H groups in total. The van der Waals surface area contributed by atoms with Gasteiger partial charge in [0.15, 0.2) is 0 Å². The molecule has 3 aromatic rings. The van der Waals surface area contributed by atoms with Crippen LogP contribution >= 0.6 is 0 Å². The minimum atomic E-state index is -1.01. The van der Waals surface area contributed by atoms with E-state index >= 15 is 0 Å². The summed E-state index contributed by atoms with van der Waals surface area (Å²) >= 11 is 0. The van der Waals surface area contributed by atoms with Gasteiger partial charge in [0.05, 0.1) is 0 Å². The highest BCUT2D eigenvalue weighted by molar-refractivity contribution is 5.84. The molecule has 0 fully saturated rings. The van der Waals surface area contributed by atoms with Gasteiger partial charge < -0.3 is 9.67 Å². The lowest BCUT2D eigenvalue weighted by atomic mass is 10.1. The second kappa shape index (κ2) is 4.57. The Morgan fingerprint density at radius 3 is 2.74 bits per heavy atom. The first kappa shape index (κ1) is 11.5. The molecule has 0 bridgehead atoms. The van der Waals surface area contributed by atoms with E-state index in [4.69, 9.17) is 5.11 Å². The molecule has 0 unspecified atom stereocenters. The first-order chi connectivity index (χ1) is 9.24. The van der Waals surface area contributed by atoms with Crippen molar-refractivity contribution in [2.45, 2.75) is 6.54 Å². The van der Waals surface area contributed by atoms with Crippen LogP contribution < -0.4 is 0 Å². The molecular weight excluding hydrogens is 240 g/mol. The predicted molar refractivity (Wildman–Crippen MR) is 72.2 cm³/mol. The number of aromatic carboxylic acids is 1. The Kier molecular flexibility index (Phi) is 2.76. The lowest BCUT2D eigenvalue weighted by Gasteiger charge is -2.06. The summed E-state index contributed by atoms with van der Waals surface area (Å²) in [5, 5.41) is 11.3. The van der Waals surface area contributed by atoms with E-state index in [1.807, 2.05) is 30.3 Å². The zero-order chi connectivity index (χ0) is 13.2. The summed E-state index contributed by atoms with van der Waals surface area (Å²) in [6, 6.07) is 14.2. The third kappa shape index (κ3) is 2.20. The third-order valence-electron chi connectivity index (χ3n) is 3.07. The lowest BCUT2D eigenvalue weighted by Crippen LogP contribution is -2.09. The monoisotopic (exact) mass is 252 g/mol.